The van der Waals surface area contributed by atoms with Crippen LogP contribution in [0.5, 0.6) is 5.75 Å². The molecule has 2 aromatic carbocycles. The summed E-state index contributed by atoms with van der Waals surface area (Å²) >= 11 is 6.48. The predicted molar refractivity (Wildman–Crippen MR) is 144 cm³/mol. The quantitative estimate of drug-likeness (QED) is 0.294. The molecule has 3 aromatic heterocycles. The second-order valence-corrected chi connectivity index (χ2v) is 10.4. The summed E-state index contributed by atoms with van der Waals surface area (Å²) in [4.78, 5) is 23.8. The molecular formula is C29H23ClFN5O3. The van der Waals surface area contributed by atoms with E-state index in [4.69, 9.17) is 25.8 Å². The highest BCUT2D eigenvalue weighted by atomic mass is 35.5. The molecular weight excluding hydrogens is 521 g/mol. The van der Waals surface area contributed by atoms with E-state index in [1.165, 1.54) is 18.6 Å². The zero-order valence-corrected chi connectivity index (χ0v) is 21.8. The molecule has 0 bridgehead atoms. The Morgan fingerprint density at radius 2 is 2.03 bits per heavy atom. The van der Waals surface area contributed by atoms with Crippen LogP contribution in [0.2, 0.25) is 5.02 Å². The first-order chi connectivity index (χ1) is 19.0. The number of allylic oxidation sites excluding steroid dienone is 1. The minimum Gasteiger partial charge on any atom is -0.488 e. The van der Waals surface area contributed by atoms with E-state index in [1.807, 2.05) is 13.0 Å². The third-order valence-electron chi connectivity index (χ3n) is 7.63. The Morgan fingerprint density at radius 3 is 2.79 bits per heavy atom. The monoisotopic (exact) mass is 543 g/mol. The van der Waals surface area contributed by atoms with E-state index in [2.05, 4.69) is 31.8 Å². The minimum atomic E-state index is -0.645. The molecule has 8 nitrogen and oxygen atoms in total. The molecule has 1 aliphatic carbocycles. The smallest absolute Gasteiger partial charge is 0.439 e. The number of aromatic amines is 1. The summed E-state index contributed by atoms with van der Waals surface area (Å²) in [5, 5.41) is 4.48. The topological polar surface area (TPSA) is 98.8 Å². The number of hydrogen-bond donors (Lipinski definition) is 1. The fraction of sp³-hybridized carbons (Fsp3) is 0.241. The number of pyridine rings is 1. The predicted octanol–water partition coefficient (Wildman–Crippen LogP) is 6.09. The highest BCUT2D eigenvalue weighted by Gasteiger charge is 2.28. The molecule has 1 saturated carbocycles. The van der Waals surface area contributed by atoms with Gasteiger partial charge in [-0.25, -0.2) is 19.2 Å². The van der Waals surface area contributed by atoms with Crippen molar-refractivity contribution in [2.24, 2.45) is 0 Å². The van der Waals surface area contributed by atoms with Crippen LogP contribution in [0.3, 0.4) is 0 Å². The van der Waals surface area contributed by atoms with Gasteiger partial charge in [0.15, 0.2) is 11.5 Å². The van der Waals surface area contributed by atoms with Crippen molar-refractivity contribution in [3.05, 3.63) is 104 Å². The number of aromatic nitrogens is 5. The highest BCUT2D eigenvalue weighted by molar-refractivity contribution is 6.34. The van der Waals surface area contributed by atoms with E-state index in [-0.39, 0.29) is 6.61 Å². The SMILES string of the molecule is CC(=C1c2ccc(Cn3c(C4CCC4)nc4c(Cl)ccnc43)cc2COc2cc(F)ccc21)c1noc(=O)[nH]1. The highest BCUT2D eigenvalue weighted by Crippen LogP contribution is 2.42. The third-order valence-corrected chi connectivity index (χ3v) is 7.94. The maximum absolute atomic E-state index is 14.2. The van der Waals surface area contributed by atoms with E-state index in [9.17, 15) is 9.18 Å². The van der Waals surface area contributed by atoms with Crippen molar-refractivity contribution in [2.45, 2.75) is 45.3 Å². The number of ether oxygens (including phenoxy) is 1. The van der Waals surface area contributed by atoms with Crippen LogP contribution in [0.4, 0.5) is 4.39 Å². The first-order valence-corrected chi connectivity index (χ1v) is 13.2. The lowest BCUT2D eigenvalue weighted by molar-refractivity contribution is 0.305. The number of benzene rings is 2. The van der Waals surface area contributed by atoms with Gasteiger partial charge in [-0.2, -0.15) is 0 Å². The van der Waals surface area contributed by atoms with Crippen molar-refractivity contribution in [1.29, 1.82) is 0 Å². The van der Waals surface area contributed by atoms with E-state index >= 15 is 0 Å². The summed E-state index contributed by atoms with van der Waals surface area (Å²) in [6.07, 6.45) is 5.11. The summed E-state index contributed by atoms with van der Waals surface area (Å²) in [7, 11) is 0. The van der Waals surface area contributed by atoms with E-state index in [0.717, 1.165) is 52.1 Å². The zero-order valence-electron chi connectivity index (χ0n) is 21.0. The Labute approximate surface area is 227 Å². The van der Waals surface area contributed by atoms with Crippen LogP contribution in [0.25, 0.3) is 22.3 Å². The Bertz CT molecular complexity index is 1850. The molecule has 4 heterocycles. The maximum atomic E-state index is 14.2. The molecule has 1 fully saturated rings. The van der Waals surface area contributed by atoms with Crippen molar-refractivity contribution < 1.29 is 13.7 Å². The Balaban J connectivity index is 1.36. The van der Waals surface area contributed by atoms with Gasteiger partial charge in [0.05, 0.1) is 11.6 Å². The van der Waals surface area contributed by atoms with Gasteiger partial charge in [0.2, 0.25) is 0 Å². The van der Waals surface area contributed by atoms with Gasteiger partial charge >= 0.3 is 5.76 Å². The van der Waals surface area contributed by atoms with E-state index in [1.54, 1.807) is 18.3 Å². The van der Waals surface area contributed by atoms with Gasteiger partial charge in [0, 0.05) is 29.3 Å². The van der Waals surface area contributed by atoms with Crippen molar-refractivity contribution in [3.63, 3.8) is 0 Å². The molecule has 0 amide bonds. The standard InChI is InChI=1S/C29H23ClFN5O3/c1-15(26-34-29(37)39-35-26)24-20-7-5-16(11-18(20)14-38-23-12-19(31)6-8-21(23)24)13-36-27(17-3-2-4-17)33-25-22(30)9-10-32-28(25)36/h5-12,17H,2-4,13-14H2,1H3,(H,34,35,37). The number of hydrogen-bond acceptors (Lipinski definition) is 6. The third kappa shape index (κ3) is 4.04. The fourth-order valence-electron chi connectivity index (χ4n) is 5.47. The summed E-state index contributed by atoms with van der Waals surface area (Å²) in [5.74, 6) is 1.09. The van der Waals surface area contributed by atoms with Crippen molar-refractivity contribution >= 4 is 33.9 Å². The van der Waals surface area contributed by atoms with Gasteiger partial charge in [0.25, 0.3) is 0 Å². The zero-order chi connectivity index (χ0) is 26.7. The molecule has 1 aliphatic heterocycles. The first kappa shape index (κ1) is 23.8. The molecule has 0 radical (unpaired) electrons. The van der Waals surface area contributed by atoms with Gasteiger partial charge in [0.1, 0.15) is 29.5 Å². The van der Waals surface area contributed by atoms with Gasteiger partial charge in [-0.05, 0) is 66.3 Å². The molecule has 0 spiro atoms. The van der Waals surface area contributed by atoms with E-state index in [0.29, 0.717) is 40.2 Å². The second kappa shape index (κ2) is 9.20. The van der Waals surface area contributed by atoms with Crippen LogP contribution in [-0.2, 0) is 13.2 Å². The van der Waals surface area contributed by atoms with Gasteiger partial charge < -0.3 is 9.30 Å². The average molecular weight is 544 g/mol. The molecule has 0 unspecified atom stereocenters. The van der Waals surface area contributed by atoms with Crippen LogP contribution in [0.1, 0.15) is 66.0 Å². The first-order valence-electron chi connectivity index (χ1n) is 12.8. The maximum Gasteiger partial charge on any atom is 0.439 e. The number of halogens is 2. The molecule has 39 heavy (non-hydrogen) atoms. The number of imidazole rings is 1. The summed E-state index contributed by atoms with van der Waals surface area (Å²) in [6.45, 7) is 2.66. The molecule has 0 atom stereocenters. The molecule has 0 saturated heterocycles. The Kier molecular flexibility index (Phi) is 5.62. The van der Waals surface area contributed by atoms with E-state index < -0.39 is 11.6 Å². The second-order valence-electron chi connectivity index (χ2n) is 10.0. The molecule has 196 valence electrons. The number of rotatable bonds is 4. The van der Waals surface area contributed by atoms with Crippen LogP contribution in [0, 0.1) is 5.82 Å². The molecule has 7 rings (SSSR count). The molecule has 5 aromatic rings. The van der Waals surface area contributed by atoms with Crippen LogP contribution in [-0.4, -0.2) is 24.7 Å². The summed E-state index contributed by atoms with van der Waals surface area (Å²) < 4.78 is 27.2. The summed E-state index contributed by atoms with van der Waals surface area (Å²) in [5.41, 5.74) is 6.53. The lowest BCUT2D eigenvalue weighted by Crippen LogP contribution is -2.16. The largest absolute Gasteiger partial charge is 0.488 e. The van der Waals surface area contributed by atoms with Gasteiger partial charge in [-0.1, -0.05) is 35.3 Å². The van der Waals surface area contributed by atoms with Crippen LogP contribution < -0.4 is 10.5 Å². The van der Waals surface area contributed by atoms with Crippen molar-refractivity contribution in [3.8, 4) is 5.75 Å². The lowest BCUT2D eigenvalue weighted by Gasteiger charge is -2.25. The normalized spacial score (nSPS) is 16.3. The van der Waals surface area contributed by atoms with Crippen LogP contribution >= 0.6 is 11.6 Å². The number of H-pyrrole nitrogens is 1. The van der Waals surface area contributed by atoms with Crippen molar-refractivity contribution in [2.75, 3.05) is 0 Å². The number of nitrogens with zero attached hydrogens (tertiary/aromatic N) is 4. The summed E-state index contributed by atoms with van der Waals surface area (Å²) in [6, 6.07) is 12.4. The molecule has 1 N–H and O–H groups in total. The average Bonchev–Trinajstić information content (AvgIpc) is 3.44. The Morgan fingerprint density at radius 1 is 1.18 bits per heavy atom. The Hall–Kier alpha value is -4.24. The number of nitrogens with one attached hydrogen (secondary N) is 1. The van der Waals surface area contributed by atoms with Gasteiger partial charge in [-0.15, -0.1) is 0 Å². The number of fused-ring (bicyclic) bond motifs is 3. The molecule has 10 heteroatoms. The van der Waals surface area contributed by atoms with Crippen molar-refractivity contribution in [1.82, 2.24) is 24.7 Å². The molecule has 2 aliphatic rings. The fourth-order valence-corrected chi connectivity index (χ4v) is 5.65. The van der Waals surface area contributed by atoms with Crippen LogP contribution in [0.15, 0.2) is 58.0 Å². The minimum absolute atomic E-state index is 0.246. The lowest BCUT2D eigenvalue weighted by atomic mass is 9.84. The van der Waals surface area contributed by atoms with Gasteiger partial charge in [-0.3, -0.25) is 9.51 Å².